The van der Waals surface area contributed by atoms with Crippen LogP contribution in [0.5, 0.6) is 0 Å². The Balaban J connectivity index is 1.51. The van der Waals surface area contributed by atoms with Crippen LogP contribution >= 0.6 is 11.3 Å². The molecule has 0 saturated heterocycles. The Morgan fingerprint density at radius 2 is 2.07 bits per heavy atom. The van der Waals surface area contributed by atoms with Crippen molar-refractivity contribution in [2.24, 2.45) is 0 Å². The first-order valence-corrected chi connectivity index (χ1v) is 9.37. The number of oxazole rings is 1. The maximum Gasteiger partial charge on any atom is 0.375 e. The maximum absolute atomic E-state index is 12.6. The van der Waals surface area contributed by atoms with E-state index >= 15 is 0 Å². The summed E-state index contributed by atoms with van der Waals surface area (Å²) in [4.78, 5) is 17.8. The largest absolute Gasteiger partial charge is 0.453 e. The molecule has 0 aliphatic rings. The van der Waals surface area contributed by atoms with Gasteiger partial charge in [-0.3, -0.25) is 0 Å². The lowest BCUT2D eigenvalue weighted by atomic mass is 10.1. The SMILES string of the molecule is CCOCc1c(C(=O)OCc2coc(-c3cccs3)n2)oc2ccccc12. The summed E-state index contributed by atoms with van der Waals surface area (Å²) in [7, 11) is 0. The van der Waals surface area contributed by atoms with Crippen LogP contribution in [0, 0.1) is 0 Å². The van der Waals surface area contributed by atoms with E-state index in [1.54, 1.807) is 0 Å². The standard InChI is InChI=1S/C20H17NO5S/c1-2-23-12-15-14-6-3-4-7-16(14)26-18(15)20(22)25-11-13-10-24-19(21-13)17-8-5-9-27-17/h3-10H,2,11-12H2,1H3. The lowest BCUT2D eigenvalue weighted by Gasteiger charge is -2.04. The van der Waals surface area contributed by atoms with E-state index < -0.39 is 5.97 Å². The number of esters is 1. The number of carbonyl (C=O) groups is 1. The van der Waals surface area contributed by atoms with Gasteiger partial charge in [0.2, 0.25) is 11.7 Å². The van der Waals surface area contributed by atoms with Gasteiger partial charge in [0, 0.05) is 17.6 Å². The summed E-state index contributed by atoms with van der Waals surface area (Å²) in [6.07, 6.45) is 1.49. The van der Waals surface area contributed by atoms with Gasteiger partial charge < -0.3 is 18.3 Å². The van der Waals surface area contributed by atoms with Crippen molar-refractivity contribution in [1.82, 2.24) is 4.98 Å². The van der Waals surface area contributed by atoms with E-state index in [1.807, 2.05) is 48.7 Å². The van der Waals surface area contributed by atoms with Gasteiger partial charge in [0.15, 0.2) is 0 Å². The third kappa shape index (κ3) is 3.65. The molecule has 0 amide bonds. The molecule has 0 fully saturated rings. The average Bonchev–Trinajstić information content (AvgIpc) is 3.43. The molecule has 3 heterocycles. The third-order valence-electron chi connectivity index (χ3n) is 3.97. The topological polar surface area (TPSA) is 74.7 Å². The second-order valence-electron chi connectivity index (χ2n) is 5.74. The number of hydrogen-bond acceptors (Lipinski definition) is 7. The summed E-state index contributed by atoms with van der Waals surface area (Å²) in [5.41, 5.74) is 1.85. The quantitative estimate of drug-likeness (QED) is 0.416. The van der Waals surface area contributed by atoms with Gasteiger partial charge in [0.1, 0.15) is 24.1 Å². The van der Waals surface area contributed by atoms with Crippen LogP contribution in [-0.2, 0) is 22.7 Å². The first-order valence-electron chi connectivity index (χ1n) is 8.49. The molecule has 3 aromatic heterocycles. The van der Waals surface area contributed by atoms with Gasteiger partial charge in [-0.05, 0) is 24.4 Å². The highest BCUT2D eigenvalue weighted by Crippen LogP contribution is 2.28. The zero-order valence-electron chi connectivity index (χ0n) is 14.6. The molecule has 0 unspecified atom stereocenters. The van der Waals surface area contributed by atoms with Crippen molar-refractivity contribution in [2.45, 2.75) is 20.1 Å². The molecule has 0 radical (unpaired) electrons. The van der Waals surface area contributed by atoms with Crippen LogP contribution in [-0.4, -0.2) is 17.6 Å². The monoisotopic (exact) mass is 383 g/mol. The number of nitrogens with zero attached hydrogens (tertiary/aromatic N) is 1. The minimum absolute atomic E-state index is 0.00116. The number of carbonyl (C=O) groups excluding carboxylic acids is 1. The van der Waals surface area contributed by atoms with Crippen LogP contribution in [0.1, 0.15) is 28.7 Å². The van der Waals surface area contributed by atoms with Gasteiger partial charge >= 0.3 is 5.97 Å². The van der Waals surface area contributed by atoms with Gasteiger partial charge in [-0.15, -0.1) is 11.3 Å². The Kier molecular flexibility index (Phi) is 5.04. The summed E-state index contributed by atoms with van der Waals surface area (Å²) in [6, 6.07) is 11.3. The van der Waals surface area contributed by atoms with Gasteiger partial charge in [0.05, 0.1) is 11.5 Å². The molecule has 138 valence electrons. The number of rotatable bonds is 7. The van der Waals surface area contributed by atoms with Crippen molar-refractivity contribution in [3.8, 4) is 10.8 Å². The molecule has 27 heavy (non-hydrogen) atoms. The maximum atomic E-state index is 12.6. The summed E-state index contributed by atoms with van der Waals surface area (Å²) < 4.78 is 22.0. The van der Waals surface area contributed by atoms with Crippen LogP contribution in [0.2, 0.25) is 0 Å². The fraction of sp³-hybridized carbons (Fsp3) is 0.200. The molecule has 0 atom stereocenters. The van der Waals surface area contributed by atoms with E-state index in [0.29, 0.717) is 29.3 Å². The van der Waals surface area contributed by atoms with E-state index in [2.05, 4.69) is 4.98 Å². The van der Waals surface area contributed by atoms with Crippen LogP contribution in [0.3, 0.4) is 0 Å². The summed E-state index contributed by atoms with van der Waals surface area (Å²) in [5, 5.41) is 2.79. The molecule has 7 heteroatoms. The van der Waals surface area contributed by atoms with E-state index in [9.17, 15) is 4.79 Å². The predicted molar refractivity (Wildman–Crippen MR) is 100 cm³/mol. The Labute approximate surface area is 159 Å². The van der Waals surface area contributed by atoms with Crippen molar-refractivity contribution in [3.63, 3.8) is 0 Å². The summed E-state index contributed by atoms with van der Waals surface area (Å²) in [6.45, 7) is 2.72. The van der Waals surface area contributed by atoms with E-state index in [4.69, 9.17) is 18.3 Å². The van der Waals surface area contributed by atoms with Gasteiger partial charge in [-0.1, -0.05) is 24.3 Å². The minimum Gasteiger partial charge on any atom is -0.453 e. The highest BCUT2D eigenvalue weighted by Gasteiger charge is 2.22. The number of benzene rings is 1. The number of ether oxygens (including phenoxy) is 2. The Morgan fingerprint density at radius 1 is 1.19 bits per heavy atom. The molecule has 0 N–H and O–H groups in total. The molecule has 6 nitrogen and oxygen atoms in total. The summed E-state index contributed by atoms with van der Waals surface area (Å²) >= 11 is 1.53. The first kappa shape index (κ1) is 17.5. The fourth-order valence-corrected chi connectivity index (χ4v) is 3.36. The minimum atomic E-state index is -0.554. The predicted octanol–water partition coefficient (Wildman–Crippen LogP) is 5.04. The van der Waals surface area contributed by atoms with Crippen molar-refractivity contribution in [1.29, 1.82) is 0 Å². The Hall–Kier alpha value is -2.90. The van der Waals surface area contributed by atoms with Gasteiger partial charge in [-0.25, -0.2) is 9.78 Å². The molecule has 0 aliphatic heterocycles. The van der Waals surface area contributed by atoms with Crippen LogP contribution in [0.4, 0.5) is 0 Å². The normalized spacial score (nSPS) is 11.1. The molecule has 0 spiro atoms. The average molecular weight is 383 g/mol. The van der Waals surface area contributed by atoms with Crippen LogP contribution < -0.4 is 0 Å². The number of thiophene rings is 1. The second kappa shape index (κ2) is 7.77. The Bertz CT molecular complexity index is 1050. The molecular weight excluding hydrogens is 366 g/mol. The molecule has 1 aromatic carbocycles. The van der Waals surface area contributed by atoms with E-state index in [-0.39, 0.29) is 19.0 Å². The highest BCUT2D eigenvalue weighted by atomic mass is 32.1. The second-order valence-corrected chi connectivity index (χ2v) is 6.69. The molecule has 4 rings (SSSR count). The molecular formula is C20H17NO5S. The fourth-order valence-electron chi connectivity index (χ4n) is 2.70. The van der Waals surface area contributed by atoms with Crippen molar-refractivity contribution >= 4 is 28.3 Å². The molecule has 0 saturated carbocycles. The molecule has 4 aromatic rings. The number of hydrogen-bond donors (Lipinski definition) is 0. The lowest BCUT2D eigenvalue weighted by molar-refractivity contribution is 0.0425. The van der Waals surface area contributed by atoms with Crippen LogP contribution in [0.15, 0.2) is 56.9 Å². The number of furan rings is 1. The zero-order chi connectivity index (χ0) is 18.6. The summed E-state index contributed by atoms with van der Waals surface area (Å²) in [5.74, 6) is 0.116. The van der Waals surface area contributed by atoms with Gasteiger partial charge in [0.25, 0.3) is 0 Å². The smallest absolute Gasteiger partial charge is 0.375 e. The molecule has 0 aliphatic carbocycles. The zero-order valence-corrected chi connectivity index (χ0v) is 15.5. The third-order valence-corrected chi connectivity index (χ3v) is 4.83. The number of para-hydroxylation sites is 1. The Morgan fingerprint density at radius 3 is 2.89 bits per heavy atom. The highest BCUT2D eigenvalue weighted by molar-refractivity contribution is 7.13. The first-order chi connectivity index (χ1) is 13.3. The number of aromatic nitrogens is 1. The van der Waals surface area contributed by atoms with Gasteiger partial charge in [-0.2, -0.15) is 0 Å². The van der Waals surface area contributed by atoms with Crippen molar-refractivity contribution in [2.75, 3.05) is 6.61 Å². The number of fused-ring (bicyclic) bond motifs is 1. The van der Waals surface area contributed by atoms with E-state index in [1.165, 1.54) is 17.6 Å². The van der Waals surface area contributed by atoms with Crippen LogP contribution in [0.25, 0.3) is 21.7 Å². The van der Waals surface area contributed by atoms with Crippen molar-refractivity contribution in [3.05, 3.63) is 65.1 Å². The van der Waals surface area contributed by atoms with Crippen molar-refractivity contribution < 1.29 is 23.1 Å². The molecule has 0 bridgehead atoms. The lowest BCUT2D eigenvalue weighted by Crippen LogP contribution is -2.07. The van der Waals surface area contributed by atoms with E-state index in [0.717, 1.165) is 10.3 Å².